The maximum atomic E-state index is 14.6. The SMILES string of the molecule is Cc1c(Cc2ccc(F)c(C(=O)N3CC(=O)N(c4ccc(F)cc4)[C@@H](C)C3)c2)n[nH]c(=O)c1C. The van der Waals surface area contributed by atoms with Gasteiger partial charge in [-0.05, 0) is 68.3 Å². The van der Waals surface area contributed by atoms with Crippen molar-refractivity contribution in [1.82, 2.24) is 15.1 Å². The van der Waals surface area contributed by atoms with Crippen LogP contribution in [0.5, 0.6) is 0 Å². The molecule has 176 valence electrons. The number of anilines is 1. The van der Waals surface area contributed by atoms with Crippen LogP contribution in [0.2, 0.25) is 0 Å². The Morgan fingerprint density at radius 1 is 1.09 bits per heavy atom. The van der Waals surface area contributed by atoms with Gasteiger partial charge in [0.15, 0.2) is 0 Å². The largest absolute Gasteiger partial charge is 0.327 e. The van der Waals surface area contributed by atoms with E-state index in [1.54, 1.807) is 26.8 Å². The fourth-order valence-corrected chi connectivity index (χ4v) is 4.16. The Morgan fingerprint density at radius 3 is 2.47 bits per heavy atom. The molecule has 0 aliphatic carbocycles. The zero-order valence-electron chi connectivity index (χ0n) is 19.1. The van der Waals surface area contributed by atoms with Gasteiger partial charge in [-0.3, -0.25) is 14.4 Å². The van der Waals surface area contributed by atoms with E-state index in [0.717, 1.165) is 5.56 Å². The van der Waals surface area contributed by atoms with Gasteiger partial charge in [0.2, 0.25) is 5.91 Å². The van der Waals surface area contributed by atoms with Crippen molar-refractivity contribution in [3.8, 4) is 0 Å². The number of rotatable bonds is 4. The van der Waals surface area contributed by atoms with Gasteiger partial charge in [0.05, 0.1) is 17.3 Å². The Morgan fingerprint density at radius 2 is 1.79 bits per heavy atom. The number of nitrogens with one attached hydrogen (secondary N) is 1. The van der Waals surface area contributed by atoms with E-state index >= 15 is 0 Å². The van der Waals surface area contributed by atoms with E-state index in [1.807, 2.05) is 0 Å². The number of nitrogens with zero attached hydrogens (tertiary/aromatic N) is 3. The van der Waals surface area contributed by atoms with E-state index in [0.29, 0.717) is 28.9 Å². The van der Waals surface area contributed by atoms with Gasteiger partial charge in [-0.25, -0.2) is 13.9 Å². The summed E-state index contributed by atoms with van der Waals surface area (Å²) in [5.74, 6) is -2.01. The molecule has 0 unspecified atom stereocenters. The molecule has 0 radical (unpaired) electrons. The standard InChI is InChI=1S/C25H24F2N4O3/c1-14-12-30(13-23(32)31(14)19-7-5-18(26)6-8-19)25(34)20-10-17(4-9-21(20)27)11-22-15(2)16(3)24(33)29-28-22/h4-10,14H,11-13H2,1-3H3,(H,29,33)/t14-/m0/s1. The minimum Gasteiger partial charge on any atom is -0.327 e. The second kappa shape index (κ2) is 9.17. The fourth-order valence-electron chi connectivity index (χ4n) is 4.16. The molecule has 4 rings (SSSR count). The van der Waals surface area contributed by atoms with E-state index in [-0.39, 0.29) is 36.2 Å². The molecule has 1 aliphatic rings. The van der Waals surface area contributed by atoms with E-state index < -0.39 is 17.5 Å². The molecule has 1 saturated heterocycles. The first-order valence-corrected chi connectivity index (χ1v) is 10.9. The molecule has 3 aromatic rings. The number of H-pyrrole nitrogens is 1. The summed E-state index contributed by atoms with van der Waals surface area (Å²) in [7, 11) is 0. The molecule has 34 heavy (non-hydrogen) atoms. The fraction of sp³-hybridized carbons (Fsp3) is 0.280. The quantitative estimate of drug-likeness (QED) is 0.640. The minimum absolute atomic E-state index is 0.133. The summed E-state index contributed by atoms with van der Waals surface area (Å²) in [6.45, 7) is 5.24. The average Bonchev–Trinajstić information content (AvgIpc) is 2.81. The van der Waals surface area contributed by atoms with Crippen LogP contribution in [0.1, 0.15) is 39.7 Å². The summed E-state index contributed by atoms with van der Waals surface area (Å²) in [4.78, 5) is 40.6. The van der Waals surface area contributed by atoms with Crippen LogP contribution in [0, 0.1) is 25.5 Å². The summed E-state index contributed by atoms with van der Waals surface area (Å²) in [6.07, 6.45) is 0.303. The number of hydrogen-bond acceptors (Lipinski definition) is 4. The lowest BCUT2D eigenvalue weighted by Crippen LogP contribution is -2.57. The smallest absolute Gasteiger partial charge is 0.267 e. The summed E-state index contributed by atoms with van der Waals surface area (Å²) < 4.78 is 27.9. The number of aromatic nitrogens is 2. The molecule has 1 fully saturated rings. The Kier molecular flexibility index (Phi) is 6.28. The van der Waals surface area contributed by atoms with Crippen LogP contribution in [0.3, 0.4) is 0 Å². The van der Waals surface area contributed by atoms with E-state index in [1.165, 1.54) is 46.2 Å². The van der Waals surface area contributed by atoms with E-state index in [2.05, 4.69) is 10.2 Å². The van der Waals surface area contributed by atoms with Crippen molar-refractivity contribution in [1.29, 1.82) is 0 Å². The van der Waals surface area contributed by atoms with Gasteiger partial charge < -0.3 is 9.80 Å². The Bertz CT molecular complexity index is 1320. The number of carbonyl (C=O) groups excluding carboxylic acids is 2. The summed E-state index contributed by atoms with van der Waals surface area (Å²) >= 11 is 0. The van der Waals surface area contributed by atoms with Crippen molar-refractivity contribution >= 4 is 17.5 Å². The van der Waals surface area contributed by atoms with Gasteiger partial charge >= 0.3 is 0 Å². The van der Waals surface area contributed by atoms with Gasteiger partial charge in [-0.2, -0.15) is 5.10 Å². The van der Waals surface area contributed by atoms with Gasteiger partial charge in [0, 0.05) is 24.2 Å². The topological polar surface area (TPSA) is 86.4 Å². The lowest BCUT2D eigenvalue weighted by atomic mass is 10.0. The molecule has 7 nitrogen and oxygen atoms in total. The molecule has 9 heteroatoms. The number of hydrogen-bond donors (Lipinski definition) is 1. The Labute approximate surface area is 195 Å². The van der Waals surface area contributed by atoms with Gasteiger partial charge in [0.25, 0.3) is 11.5 Å². The molecule has 2 amide bonds. The summed E-state index contributed by atoms with van der Waals surface area (Å²) in [5, 5.41) is 6.53. The van der Waals surface area contributed by atoms with Crippen LogP contribution in [0.15, 0.2) is 47.3 Å². The predicted octanol–water partition coefficient (Wildman–Crippen LogP) is 3.13. The van der Waals surface area contributed by atoms with Crippen LogP contribution < -0.4 is 10.5 Å². The Hall–Kier alpha value is -3.88. The maximum absolute atomic E-state index is 14.6. The minimum atomic E-state index is -0.683. The van der Waals surface area contributed by atoms with Crippen molar-refractivity contribution in [2.24, 2.45) is 0 Å². The third-order valence-corrected chi connectivity index (χ3v) is 6.17. The highest BCUT2D eigenvalue weighted by atomic mass is 19.1. The highest BCUT2D eigenvalue weighted by molar-refractivity contribution is 6.02. The molecule has 0 saturated carbocycles. The van der Waals surface area contributed by atoms with Gasteiger partial charge in [-0.15, -0.1) is 0 Å². The number of halogens is 2. The number of amides is 2. The van der Waals surface area contributed by atoms with Crippen molar-refractivity contribution in [3.05, 3.63) is 92.4 Å². The molecule has 0 spiro atoms. The third kappa shape index (κ3) is 4.46. The highest BCUT2D eigenvalue weighted by Gasteiger charge is 2.34. The lowest BCUT2D eigenvalue weighted by Gasteiger charge is -2.39. The summed E-state index contributed by atoms with van der Waals surface area (Å²) in [5.41, 5.74) is 2.70. The second-order valence-corrected chi connectivity index (χ2v) is 8.52. The second-order valence-electron chi connectivity index (χ2n) is 8.52. The number of piperazine rings is 1. The molecular formula is C25H24F2N4O3. The van der Waals surface area contributed by atoms with E-state index in [4.69, 9.17) is 0 Å². The third-order valence-electron chi connectivity index (χ3n) is 6.17. The van der Waals surface area contributed by atoms with E-state index in [9.17, 15) is 23.2 Å². The molecule has 0 bridgehead atoms. The van der Waals surface area contributed by atoms with Crippen LogP contribution in [-0.4, -0.2) is 46.0 Å². The monoisotopic (exact) mass is 466 g/mol. The van der Waals surface area contributed by atoms with Crippen molar-refractivity contribution in [2.45, 2.75) is 33.2 Å². The first kappa shape index (κ1) is 23.3. The molecule has 1 aromatic heterocycles. The molecule has 1 N–H and O–H groups in total. The zero-order chi connectivity index (χ0) is 24.6. The van der Waals surface area contributed by atoms with Gasteiger partial charge in [-0.1, -0.05) is 6.07 Å². The van der Waals surface area contributed by atoms with Crippen LogP contribution in [0.4, 0.5) is 14.5 Å². The van der Waals surface area contributed by atoms with Gasteiger partial charge in [0.1, 0.15) is 18.2 Å². The Balaban J connectivity index is 1.55. The lowest BCUT2D eigenvalue weighted by molar-refractivity contribution is -0.121. The van der Waals surface area contributed by atoms with Crippen LogP contribution in [-0.2, 0) is 11.2 Å². The normalized spacial score (nSPS) is 16.1. The van der Waals surface area contributed by atoms with Crippen LogP contribution in [0.25, 0.3) is 0 Å². The molecular weight excluding hydrogens is 442 g/mol. The number of carbonyl (C=O) groups is 2. The van der Waals surface area contributed by atoms with Crippen molar-refractivity contribution in [2.75, 3.05) is 18.0 Å². The highest BCUT2D eigenvalue weighted by Crippen LogP contribution is 2.24. The molecule has 2 aromatic carbocycles. The molecule has 1 atom stereocenters. The molecule has 2 heterocycles. The zero-order valence-corrected chi connectivity index (χ0v) is 19.1. The average molecular weight is 466 g/mol. The summed E-state index contributed by atoms with van der Waals surface area (Å²) in [6, 6.07) is 9.43. The first-order valence-electron chi connectivity index (χ1n) is 10.9. The number of benzene rings is 2. The number of aromatic amines is 1. The van der Waals surface area contributed by atoms with Crippen molar-refractivity contribution < 1.29 is 18.4 Å². The van der Waals surface area contributed by atoms with Crippen LogP contribution >= 0.6 is 0 Å². The first-order chi connectivity index (χ1) is 16.2. The van der Waals surface area contributed by atoms with Crippen molar-refractivity contribution in [3.63, 3.8) is 0 Å². The predicted molar refractivity (Wildman–Crippen MR) is 123 cm³/mol. The maximum Gasteiger partial charge on any atom is 0.267 e. The molecule has 1 aliphatic heterocycles.